The molecule has 0 bridgehead atoms. The standard InChI is InChI=1S/C21H26N2O3/c1-5-16-6-8-17(9-7-16)15(2)22-20(24)14-26-21(25)18-10-12-19(13-11-18)23(3)4/h6-13,15H,5,14H2,1-4H3,(H,22,24)/t15-/m0/s1. The molecule has 0 radical (unpaired) electrons. The Labute approximate surface area is 155 Å². The van der Waals surface area contributed by atoms with Crippen molar-refractivity contribution in [2.45, 2.75) is 26.3 Å². The molecule has 138 valence electrons. The molecule has 26 heavy (non-hydrogen) atoms. The zero-order valence-corrected chi connectivity index (χ0v) is 15.8. The van der Waals surface area contributed by atoms with E-state index in [9.17, 15) is 9.59 Å². The van der Waals surface area contributed by atoms with Crippen molar-refractivity contribution >= 4 is 17.6 Å². The summed E-state index contributed by atoms with van der Waals surface area (Å²) in [5, 5.41) is 2.84. The van der Waals surface area contributed by atoms with E-state index in [0.29, 0.717) is 5.56 Å². The quantitative estimate of drug-likeness (QED) is 0.775. The molecule has 0 aromatic heterocycles. The molecule has 5 heteroatoms. The lowest BCUT2D eigenvalue weighted by atomic mass is 10.1. The van der Waals surface area contributed by atoms with Crippen molar-refractivity contribution in [3.05, 3.63) is 65.2 Å². The summed E-state index contributed by atoms with van der Waals surface area (Å²) in [7, 11) is 3.85. The van der Waals surface area contributed by atoms with Crippen molar-refractivity contribution in [2.24, 2.45) is 0 Å². The van der Waals surface area contributed by atoms with Crippen LogP contribution in [0.2, 0.25) is 0 Å². The van der Waals surface area contributed by atoms with Gasteiger partial charge in [0.05, 0.1) is 11.6 Å². The van der Waals surface area contributed by atoms with Gasteiger partial charge in [-0.15, -0.1) is 0 Å². The predicted molar refractivity (Wildman–Crippen MR) is 103 cm³/mol. The Morgan fingerprint density at radius 1 is 1.04 bits per heavy atom. The third-order valence-electron chi connectivity index (χ3n) is 4.22. The predicted octanol–water partition coefficient (Wildman–Crippen LogP) is 3.35. The molecular formula is C21H26N2O3. The molecule has 0 fully saturated rings. The molecular weight excluding hydrogens is 328 g/mol. The number of esters is 1. The van der Waals surface area contributed by atoms with Crippen LogP contribution in [0.25, 0.3) is 0 Å². The van der Waals surface area contributed by atoms with E-state index < -0.39 is 5.97 Å². The van der Waals surface area contributed by atoms with E-state index in [-0.39, 0.29) is 18.6 Å². The van der Waals surface area contributed by atoms with Gasteiger partial charge in [-0.2, -0.15) is 0 Å². The normalized spacial score (nSPS) is 11.5. The summed E-state index contributed by atoms with van der Waals surface area (Å²) in [5.41, 5.74) is 3.68. The number of carbonyl (C=O) groups is 2. The van der Waals surface area contributed by atoms with Crippen LogP contribution >= 0.6 is 0 Å². The molecule has 0 aliphatic heterocycles. The zero-order valence-electron chi connectivity index (χ0n) is 15.8. The first-order valence-electron chi connectivity index (χ1n) is 8.73. The molecule has 1 amide bonds. The number of benzene rings is 2. The fourth-order valence-corrected chi connectivity index (χ4v) is 2.52. The Balaban J connectivity index is 1.84. The van der Waals surface area contributed by atoms with Gasteiger partial charge in [-0.05, 0) is 48.7 Å². The highest BCUT2D eigenvalue weighted by Gasteiger charge is 2.13. The Hall–Kier alpha value is -2.82. The molecule has 0 unspecified atom stereocenters. The van der Waals surface area contributed by atoms with Crippen LogP contribution in [0.1, 0.15) is 41.4 Å². The van der Waals surface area contributed by atoms with Gasteiger partial charge in [-0.3, -0.25) is 4.79 Å². The van der Waals surface area contributed by atoms with E-state index in [4.69, 9.17) is 4.74 Å². The Bertz CT molecular complexity index is 737. The number of anilines is 1. The van der Waals surface area contributed by atoms with Crippen molar-refractivity contribution in [1.29, 1.82) is 0 Å². The van der Waals surface area contributed by atoms with Crippen molar-refractivity contribution in [3.63, 3.8) is 0 Å². The van der Waals surface area contributed by atoms with E-state index in [1.54, 1.807) is 12.1 Å². The second kappa shape index (κ2) is 9.04. The molecule has 5 nitrogen and oxygen atoms in total. The first kappa shape index (κ1) is 19.5. The van der Waals surface area contributed by atoms with Crippen LogP contribution in [0.15, 0.2) is 48.5 Å². The number of amides is 1. The summed E-state index contributed by atoms with van der Waals surface area (Å²) in [6.07, 6.45) is 0.979. The van der Waals surface area contributed by atoms with E-state index in [0.717, 1.165) is 17.7 Å². The average molecular weight is 354 g/mol. The third-order valence-corrected chi connectivity index (χ3v) is 4.22. The summed E-state index contributed by atoms with van der Waals surface area (Å²) in [6, 6.07) is 15.0. The molecule has 2 aromatic carbocycles. The topological polar surface area (TPSA) is 58.6 Å². The molecule has 0 spiro atoms. The molecule has 0 aliphatic carbocycles. The SMILES string of the molecule is CCc1ccc([C@H](C)NC(=O)COC(=O)c2ccc(N(C)C)cc2)cc1. The van der Waals surface area contributed by atoms with Crippen LogP contribution < -0.4 is 10.2 Å². The summed E-state index contributed by atoms with van der Waals surface area (Å²) in [4.78, 5) is 26.0. The van der Waals surface area contributed by atoms with Gasteiger partial charge in [0, 0.05) is 19.8 Å². The Kier molecular flexibility index (Phi) is 6.78. The maximum absolute atomic E-state index is 12.0. The van der Waals surface area contributed by atoms with Crippen molar-refractivity contribution < 1.29 is 14.3 Å². The highest BCUT2D eigenvalue weighted by atomic mass is 16.5. The summed E-state index contributed by atoms with van der Waals surface area (Å²) < 4.78 is 5.10. The number of nitrogens with one attached hydrogen (secondary N) is 1. The minimum absolute atomic E-state index is 0.147. The first-order valence-corrected chi connectivity index (χ1v) is 8.73. The number of carbonyl (C=O) groups excluding carboxylic acids is 2. The second-order valence-corrected chi connectivity index (χ2v) is 6.40. The van der Waals surface area contributed by atoms with Crippen LogP contribution in [-0.2, 0) is 16.0 Å². The van der Waals surface area contributed by atoms with Crippen LogP contribution in [-0.4, -0.2) is 32.6 Å². The first-order chi connectivity index (χ1) is 12.4. The van der Waals surface area contributed by atoms with Crippen molar-refractivity contribution in [3.8, 4) is 0 Å². The van der Waals surface area contributed by atoms with E-state index in [1.165, 1.54) is 5.56 Å². The molecule has 1 atom stereocenters. The van der Waals surface area contributed by atoms with Crippen molar-refractivity contribution in [1.82, 2.24) is 5.32 Å². The molecule has 0 aliphatic rings. The van der Waals surface area contributed by atoms with Crippen LogP contribution in [0.5, 0.6) is 0 Å². The molecule has 0 heterocycles. The summed E-state index contributed by atoms with van der Waals surface area (Å²) in [5.74, 6) is -0.833. The van der Waals surface area contributed by atoms with Gasteiger partial charge >= 0.3 is 5.97 Å². The lowest BCUT2D eigenvalue weighted by molar-refractivity contribution is -0.124. The second-order valence-electron chi connectivity index (χ2n) is 6.40. The highest BCUT2D eigenvalue weighted by molar-refractivity contribution is 5.91. The van der Waals surface area contributed by atoms with Gasteiger partial charge in [0.1, 0.15) is 0 Å². The number of nitrogens with zero attached hydrogens (tertiary/aromatic N) is 1. The maximum atomic E-state index is 12.0. The Morgan fingerprint density at radius 2 is 1.65 bits per heavy atom. The van der Waals surface area contributed by atoms with Gasteiger partial charge < -0.3 is 15.0 Å². The van der Waals surface area contributed by atoms with Gasteiger partial charge in [-0.1, -0.05) is 31.2 Å². The summed E-state index contributed by atoms with van der Waals surface area (Å²) in [6.45, 7) is 3.70. The molecule has 0 saturated heterocycles. The number of hydrogen-bond acceptors (Lipinski definition) is 4. The maximum Gasteiger partial charge on any atom is 0.338 e. The monoisotopic (exact) mass is 354 g/mol. The average Bonchev–Trinajstić information content (AvgIpc) is 2.66. The van der Waals surface area contributed by atoms with E-state index in [1.807, 2.05) is 50.2 Å². The van der Waals surface area contributed by atoms with E-state index in [2.05, 4.69) is 24.4 Å². The number of ether oxygens (including phenoxy) is 1. The third kappa shape index (κ3) is 5.34. The molecule has 2 rings (SSSR count). The fraction of sp³-hybridized carbons (Fsp3) is 0.333. The van der Waals surface area contributed by atoms with Gasteiger partial charge in [0.25, 0.3) is 5.91 Å². The number of hydrogen-bond donors (Lipinski definition) is 1. The lowest BCUT2D eigenvalue weighted by Crippen LogP contribution is -2.31. The number of rotatable bonds is 7. The molecule has 1 N–H and O–H groups in total. The number of aryl methyl sites for hydroxylation is 1. The van der Waals surface area contributed by atoms with Gasteiger partial charge in [-0.25, -0.2) is 4.79 Å². The van der Waals surface area contributed by atoms with Crippen molar-refractivity contribution in [2.75, 3.05) is 25.6 Å². The zero-order chi connectivity index (χ0) is 19.1. The smallest absolute Gasteiger partial charge is 0.338 e. The van der Waals surface area contributed by atoms with Crippen LogP contribution in [0, 0.1) is 0 Å². The Morgan fingerprint density at radius 3 is 2.19 bits per heavy atom. The van der Waals surface area contributed by atoms with Gasteiger partial charge in [0.15, 0.2) is 6.61 Å². The largest absolute Gasteiger partial charge is 0.452 e. The summed E-state index contributed by atoms with van der Waals surface area (Å²) >= 11 is 0. The minimum Gasteiger partial charge on any atom is -0.452 e. The lowest BCUT2D eigenvalue weighted by Gasteiger charge is -2.15. The highest BCUT2D eigenvalue weighted by Crippen LogP contribution is 2.14. The minimum atomic E-state index is -0.509. The fourth-order valence-electron chi connectivity index (χ4n) is 2.52. The van der Waals surface area contributed by atoms with Crippen LogP contribution in [0.4, 0.5) is 5.69 Å². The van der Waals surface area contributed by atoms with E-state index >= 15 is 0 Å². The molecule has 0 saturated carbocycles. The van der Waals surface area contributed by atoms with Crippen LogP contribution in [0.3, 0.4) is 0 Å². The molecule has 2 aromatic rings. The van der Waals surface area contributed by atoms with Gasteiger partial charge in [0.2, 0.25) is 0 Å².